The lowest BCUT2D eigenvalue weighted by atomic mass is 10.2. The quantitative estimate of drug-likeness (QED) is 0.717. The van der Waals surface area contributed by atoms with E-state index in [4.69, 9.17) is 22.7 Å². The highest BCUT2D eigenvalue weighted by Gasteiger charge is 2.33. The van der Waals surface area contributed by atoms with Crippen molar-refractivity contribution in [3.05, 3.63) is 0 Å². The molecule has 7 heteroatoms. The van der Waals surface area contributed by atoms with E-state index in [9.17, 15) is 8.42 Å². The zero-order chi connectivity index (χ0) is 12.9. The topological polar surface area (TPSA) is 72.6 Å². The normalized spacial score (nSPS) is 18.5. The maximum atomic E-state index is 12.4. The van der Waals surface area contributed by atoms with Gasteiger partial charge in [0.1, 0.15) is 0 Å². The van der Waals surface area contributed by atoms with Crippen molar-refractivity contribution < 1.29 is 13.2 Å². The van der Waals surface area contributed by atoms with Gasteiger partial charge in [-0.15, -0.1) is 0 Å². The van der Waals surface area contributed by atoms with Crippen LogP contribution in [-0.2, 0) is 14.8 Å². The molecule has 0 bridgehead atoms. The van der Waals surface area contributed by atoms with Gasteiger partial charge in [-0.3, -0.25) is 0 Å². The third-order valence-electron chi connectivity index (χ3n) is 2.75. The van der Waals surface area contributed by atoms with Crippen molar-refractivity contribution in [2.75, 3.05) is 26.3 Å². The maximum absolute atomic E-state index is 12.4. The fraction of sp³-hybridized carbons (Fsp3) is 0.900. The molecule has 1 heterocycles. The van der Waals surface area contributed by atoms with Crippen LogP contribution < -0.4 is 5.73 Å². The molecule has 1 aliphatic rings. The Morgan fingerprint density at radius 3 is 2.53 bits per heavy atom. The van der Waals surface area contributed by atoms with E-state index in [0.717, 1.165) is 6.42 Å². The Morgan fingerprint density at radius 2 is 2.06 bits per heavy atom. The van der Waals surface area contributed by atoms with Gasteiger partial charge in [0, 0.05) is 19.8 Å². The van der Waals surface area contributed by atoms with Crippen LogP contribution in [0.25, 0.3) is 0 Å². The van der Waals surface area contributed by atoms with Gasteiger partial charge in [0.2, 0.25) is 10.0 Å². The predicted octanol–water partition coefficient (Wildman–Crippen LogP) is 0.493. The van der Waals surface area contributed by atoms with Gasteiger partial charge in [0.15, 0.2) is 0 Å². The van der Waals surface area contributed by atoms with Gasteiger partial charge >= 0.3 is 0 Å². The molecule has 1 saturated heterocycles. The number of rotatable bonds is 6. The highest BCUT2D eigenvalue weighted by Crippen LogP contribution is 2.19. The summed E-state index contributed by atoms with van der Waals surface area (Å²) in [6, 6.07) is 0. The molecule has 100 valence electrons. The Kier molecular flexibility index (Phi) is 5.78. The van der Waals surface area contributed by atoms with Gasteiger partial charge in [-0.1, -0.05) is 19.1 Å². The van der Waals surface area contributed by atoms with Crippen molar-refractivity contribution in [1.29, 1.82) is 0 Å². The van der Waals surface area contributed by atoms with Crippen LogP contribution in [0.2, 0.25) is 0 Å². The van der Waals surface area contributed by atoms with Crippen molar-refractivity contribution in [2.24, 2.45) is 5.73 Å². The first-order chi connectivity index (χ1) is 7.98. The largest absolute Gasteiger partial charge is 0.392 e. The molecule has 0 atom stereocenters. The highest BCUT2D eigenvalue weighted by atomic mass is 32.2. The van der Waals surface area contributed by atoms with Crippen molar-refractivity contribution in [2.45, 2.75) is 31.4 Å². The zero-order valence-electron chi connectivity index (χ0n) is 10.1. The molecule has 17 heavy (non-hydrogen) atoms. The summed E-state index contributed by atoms with van der Waals surface area (Å²) in [5.41, 5.74) is 5.45. The summed E-state index contributed by atoms with van der Waals surface area (Å²) in [5, 5.41) is -0.350. The molecule has 0 saturated carbocycles. The summed E-state index contributed by atoms with van der Waals surface area (Å²) in [5.74, 6) is 0. The van der Waals surface area contributed by atoms with Crippen molar-refractivity contribution in [3.8, 4) is 0 Å². The van der Waals surface area contributed by atoms with Crippen molar-refractivity contribution in [3.63, 3.8) is 0 Å². The van der Waals surface area contributed by atoms with Gasteiger partial charge in [-0.2, -0.15) is 4.31 Å². The molecule has 1 fully saturated rings. The fourth-order valence-corrected chi connectivity index (χ4v) is 4.11. The summed E-state index contributed by atoms with van der Waals surface area (Å²) < 4.78 is 31.3. The zero-order valence-corrected chi connectivity index (χ0v) is 11.7. The second-order valence-electron chi connectivity index (χ2n) is 4.16. The molecular formula is C10H20N2O3S2. The molecule has 5 nitrogen and oxygen atoms in total. The van der Waals surface area contributed by atoms with Gasteiger partial charge < -0.3 is 10.5 Å². The highest BCUT2D eigenvalue weighted by molar-refractivity contribution is 7.89. The monoisotopic (exact) mass is 280 g/mol. The molecule has 2 N–H and O–H groups in total. The van der Waals surface area contributed by atoms with E-state index in [1.807, 2.05) is 6.92 Å². The van der Waals surface area contributed by atoms with Crippen LogP contribution >= 0.6 is 12.2 Å². The van der Waals surface area contributed by atoms with E-state index in [-0.39, 0.29) is 16.8 Å². The van der Waals surface area contributed by atoms with Crippen LogP contribution in [0.5, 0.6) is 0 Å². The predicted molar refractivity (Wildman–Crippen MR) is 71.4 cm³/mol. The minimum atomic E-state index is -3.30. The molecule has 1 aliphatic heterocycles. The average molecular weight is 280 g/mol. The summed E-state index contributed by atoms with van der Waals surface area (Å²) in [7, 11) is -3.30. The third-order valence-corrected chi connectivity index (χ3v) is 5.23. The van der Waals surface area contributed by atoms with Crippen LogP contribution in [0.4, 0.5) is 0 Å². The lowest BCUT2D eigenvalue weighted by molar-refractivity contribution is 0.0973. The Labute approximate surface area is 108 Å². The number of nitrogens with zero attached hydrogens (tertiary/aromatic N) is 1. The third kappa shape index (κ3) is 4.17. The van der Waals surface area contributed by atoms with Crippen LogP contribution in [0.3, 0.4) is 0 Å². The molecule has 0 radical (unpaired) electrons. The molecule has 0 aliphatic carbocycles. The molecule has 1 rings (SSSR count). The van der Waals surface area contributed by atoms with E-state index in [0.29, 0.717) is 32.6 Å². The van der Waals surface area contributed by atoms with Gasteiger partial charge in [-0.25, -0.2) is 8.42 Å². The van der Waals surface area contributed by atoms with E-state index in [2.05, 4.69) is 0 Å². The maximum Gasteiger partial charge on any atom is 0.217 e. The number of sulfonamides is 1. The minimum absolute atomic E-state index is 0.142. The van der Waals surface area contributed by atoms with Crippen LogP contribution in [0, 0.1) is 0 Å². The fourth-order valence-electron chi connectivity index (χ4n) is 1.90. The molecule has 0 aromatic heterocycles. The molecule has 0 amide bonds. The standard InChI is InChI=1S/C10H20N2O3S2/c1-2-5-12(8-10(11)16)17(13,14)9-3-6-15-7-4-9/h9H,2-8H2,1H3,(H2,11,16). The Balaban J connectivity index is 2.78. The molecular weight excluding hydrogens is 260 g/mol. The van der Waals surface area contributed by atoms with E-state index in [1.165, 1.54) is 4.31 Å². The molecule has 0 aromatic rings. The number of hydrogen-bond donors (Lipinski definition) is 1. The summed E-state index contributed by atoms with van der Waals surface area (Å²) in [6.07, 6.45) is 1.87. The lowest BCUT2D eigenvalue weighted by Gasteiger charge is -2.29. The molecule has 0 unspecified atom stereocenters. The number of ether oxygens (including phenoxy) is 1. The van der Waals surface area contributed by atoms with E-state index < -0.39 is 10.0 Å². The first kappa shape index (κ1) is 14.8. The van der Waals surface area contributed by atoms with Gasteiger partial charge in [-0.05, 0) is 19.3 Å². The first-order valence-corrected chi connectivity index (χ1v) is 7.74. The first-order valence-electron chi connectivity index (χ1n) is 5.83. The minimum Gasteiger partial charge on any atom is -0.392 e. The SMILES string of the molecule is CCCN(CC(N)=S)S(=O)(=O)C1CCOCC1. The number of thiocarbonyl (C=S) groups is 1. The Hall–Kier alpha value is -0.240. The second kappa shape index (κ2) is 6.63. The molecule has 0 aromatic carbocycles. The average Bonchev–Trinajstić information content (AvgIpc) is 2.29. The van der Waals surface area contributed by atoms with Crippen LogP contribution in [0.15, 0.2) is 0 Å². The lowest BCUT2D eigenvalue weighted by Crippen LogP contribution is -2.45. The summed E-state index contributed by atoms with van der Waals surface area (Å²) in [4.78, 5) is 0.217. The summed E-state index contributed by atoms with van der Waals surface area (Å²) >= 11 is 4.80. The van der Waals surface area contributed by atoms with E-state index >= 15 is 0 Å². The van der Waals surface area contributed by atoms with Crippen LogP contribution in [-0.4, -0.2) is 49.3 Å². The Morgan fingerprint density at radius 1 is 1.47 bits per heavy atom. The second-order valence-corrected chi connectivity index (χ2v) is 6.89. The van der Waals surface area contributed by atoms with Gasteiger partial charge in [0.05, 0.1) is 16.8 Å². The smallest absolute Gasteiger partial charge is 0.217 e. The Bertz CT molecular complexity index is 351. The van der Waals surface area contributed by atoms with Gasteiger partial charge in [0.25, 0.3) is 0 Å². The number of hydrogen-bond acceptors (Lipinski definition) is 4. The van der Waals surface area contributed by atoms with E-state index in [1.54, 1.807) is 0 Å². The molecule has 0 spiro atoms. The van der Waals surface area contributed by atoms with Crippen molar-refractivity contribution >= 4 is 27.2 Å². The number of nitrogens with two attached hydrogens (primary N) is 1. The van der Waals surface area contributed by atoms with Crippen LogP contribution in [0.1, 0.15) is 26.2 Å². The van der Waals surface area contributed by atoms with Crippen molar-refractivity contribution in [1.82, 2.24) is 4.31 Å². The summed E-state index contributed by atoms with van der Waals surface area (Å²) in [6.45, 7) is 3.57.